The fraction of sp³-hybridized carbons (Fsp3) is 0.182. The highest BCUT2D eigenvalue weighted by molar-refractivity contribution is 9.10. The van der Waals surface area contributed by atoms with Crippen LogP contribution in [0.4, 0.5) is 10.1 Å². The molecule has 0 spiro atoms. The van der Waals surface area contributed by atoms with Crippen molar-refractivity contribution < 1.29 is 23.1 Å². The van der Waals surface area contributed by atoms with Crippen LogP contribution in [0.3, 0.4) is 0 Å². The number of nitrogens with one attached hydrogen (secondary N) is 1. The molecule has 0 radical (unpaired) electrons. The second kappa shape index (κ2) is 9.58. The summed E-state index contributed by atoms with van der Waals surface area (Å²) in [6, 6.07) is 14.3. The summed E-state index contributed by atoms with van der Waals surface area (Å²) in [6.07, 6.45) is 0. The van der Waals surface area contributed by atoms with Crippen molar-refractivity contribution in [2.75, 3.05) is 18.9 Å². The van der Waals surface area contributed by atoms with Crippen molar-refractivity contribution in [2.24, 2.45) is 0 Å². The number of halogens is 2. The first-order valence-corrected chi connectivity index (χ1v) is 9.89. The maximum Gasteiger partial charge on any atom is 0.289 e. The van der Waals surface area contributed by atoms with E-state index in [-0.39, 0.29) is 30.6 Å². The third-order valence-electron chi connectivity index (χ3n) is 4.26. The van der Waals surface area contributed by atoms with Gasteiger partial charge in [0.15, 0.2) is 5.76 Å². The minimum absolute atomic E-state index is 0.0892. The molecule has 0 aliphatic heterocycles. The molecule has 0 bridgehead atoms. The van der Waals surface area contributed by atoms with Crippen molar-refractivity contribution in [2.45, 2.75) is 13.5 Å². The number of carbonyl (C=O) groups excluding carboxylic acids is 2. The molecule has 3 aromatic rings. The number of carbonyl (C=O) groups is 2. The molecular formula is C22H20BrFN2O4. The lowest BCUT2D eigenvalue weighted by atomic mass is 10.2. The van der Waals surface area contributed by atoms with E-state index >= 15 is 0 Å². The van der Waals surface area contributed by atoms with Crippen LogP contribution in [-0.4, -0.2) is 30.3 Å². The Morgan fingerprint density at radius 3 is 2.57 bits per heavy atom. The molecule has 0 atom stereocenters. The number of nitrogens with zero attached hydrogens (tertiary/aromatic N) is 1. The highest BCUT2D eigenvalue weighted by atomic mass is 79.9. The number of benzene rings is 2. The van der Waals surface area contributed by atoms with Crippen LogP contribution in [0.15, 0.2) is 63.5 Å². The van der Waals surface area contributed by atoms with Crippen molar-refractivity contribution in [3.63, 3.8) is 0 Å². The van der Waals surface area contributed by atoms with Crippen molar-refractivity contribution in [3.05, 3.63) is 82.0 Å². The molecule has 6 nitrogen and oxygen atoms in total. The number of aryl methyl sites for hydroxylation is 1. The van der Waals surface area contributed by atoms with Crippen LogP contribution in [0, 0.1) is 12.7 Å². The molecule has 0 saturated heterocycles. The van der Waals surface area contributed by atoms with Crippen LogP contribution < -0.4 is 10.1 Å². The second-order valence-electron chi connectivity index (χ2n) is 6.68. The van der Waals surface area contributed by atoms with Gasteiger partial charge in [0.1, 0.15) is 23.9 Å². The first-order chi connectivity index (χ1) is 14.3. The lowest BCUT2D eigenvalue weighted by Crippen LogP contribution is -2.34. The van der Waals surface area contributed by atoms with Gasteiger partial charge in [-0.3, -0.25) is 9.59 Å². The average molecular weight is 475 g/mol. The number of rotatable bonds is 7. The maximum absolute atomic E-state index is 12.9. The molecule has 156 valence electrons. The van der Waals surface area contributed by atoms with Gasteiger partial charge < -0.3 is 19.4 Å². The molecule has 0 aliphatic carbocycles. The number of furan rings is 1. The quantitative estimate of drug-likeness (QED) is 0.534. The first kappa shape index (κ1) is 21.6. The SMILES string of the molecule is Cc1cc(Br)ccc1NC(=O)CN(C)C(=O)c1ccc(COc2ccc(F)cc2)o1. The van der Waals surface area contributed by atoms with E-state index in [1.165, 1.54) is 42.3 Å². The Hall–Kier alpha value is -3.13. The minimum Gasteiger partial charge on any atom is -0.486 e. The third kappa shape index (κ3) is 5.70. The zero-order chi connectivity index (χ0) is 21.7. The molecule has 30 heavy (non-hydrogen) atoms. The zero-order valence-corrected chi connectivity index (χ0v) is 18.0. The van der Waals surface area contributed by atoms with Crippen molar-refractivity contribution in [1.29, 1.82) is 0 Å². The average Bonchev–Trinajstić information content (AvgIpc) is 3.18. The predicted octanol–water partition coefficient (Wildman–Crippen LogP) is 4.78. The molecular weight excluding hydrogens is 455 g/mol. The molecule has 3 rings (SSSR count). The highest BCUT2D eigenvalue weighted by Crippen LogP contribution is 2.20. The summed E-state index contributed by atoms with van der Waals surface area (Å²) in [7, 11) is 1.52. The molecule has 0 aliphatic rings. The number of hydrogen-bond donors (Lipinski definition) is 1. The van der Waals surface area contributed by atoms with Gasteiger partial charge in [0.25, 0.3) is 5.91 Å². The summed E-state index contributed by atoms with van der Waals surface area (Å²) >= 11 is 3.38. The summed E-state index contributed by atoms with van der Waals surface area (Å²) in [5.74, 6) is -0.0736. The number of ether oxygens (including phenoxy) is 1. The van der Waals surface area contributed by atoms with Crippen LogP contribution in [0.2, 0.25) is 0 Å². The Morgan fingerprint density at radius 1 is 1.13 bits per heavy atom. The smallest absolute Gasteiger partial charge is 0.289 e. The van der Waals surface area contributed by atoms with E-state index in [4.69, 9.17) is 9.15 Å². The van der Waals surface area contributed by atoms with E-state index in [0.717, 1.165) is 10.0 Å². The van der Waals surface area contributed by atoms with E-state index in [2.05, 4.69) is 21.2 Å². The fourth-order valence-corrected chi connectivity index (χ4v) is 3.16. The molecule has 0 unspecified atom stereocenters. The summed E-state index contributed by atoms with van der Waals surface area (Å²) in [4.78, 5) is 26.1. The van der Waals surface area contributed by atoms with Crippen LogP contribution in [0.25, 0.3) is 0 Å². The number of anilines is 1. The Bertz CT molecular complexity index is 1050. The molecule has 2 amide bonds. The van der Waals surface area contributed by atoms with Gasteiger partial charge in [-0.15, -0.1) is 0 Å². The molecule has 0 saturated carbocycles. The highest BCUT2D eigenvalue weighted by Gasteiger charge is 2.19. The molecule has 1 aromatic heterocycles. The van der Waals surface area contributed by atoms with Crippen LogP contribution in [-0.2, 0) is 11.4 Å². The number of hydrogen-bond acceptors (Lipinski definition) is 4. The summed E-state index contributed by atoms with van der Waals surface area (Å²) in [6.45, 7) is 1.84. The van der Waals surface area contributed by atoms with Gasteiger partial charge >= 0.3 is 0 Å². The normalized spacial score (nSPS) is 10.5. The van der Waals surface area contributed by atoms with E-state index in [9.17, 15) is 14.0 Å². The summed E-state index contributed by atoms with van der Waals surface area (Å²) in [5.41, 5.74) is 1.59. The van der Waals surface area contributed by atoms with E-state index < -0.39 is 5.91 Å². The van der Waals surface area contributed by atoms with E-state index in [1.54, 1.807) is 12.1 Å². The van der Waals surface area contributed by atoms with Crippen molar-refractivity contribution in [1.82, 2.24) is 4.90 Å². The second-order valence-corrected chi connectivity index (χ2v) is 7.59. The maximum atomic E-state index is 12.9. The largest absolute Gasteiger partial charge is 0.486 e. The van der Waals surface area contributed by atoms with Gasteiger partial charge in [-0.25, -0.2) is 4.39 Å². The summed E-state index contributed by atoms with van der Waals surface area (Å²) in [5, 5.41) is 2.79. The topological polar surface area (TPSA) is 71.8 Å². The Balaban J connectivity index is 1.54. The third-order valence-corrected chi connectivity index (χ3v) is 4.75. The zero-order valence-electron chi connectivity index (χ0n) is 16.4. The number of amides is 2. The van der Waals surface area contributed by atoms with Gasteiger partial charge in [-0.2, -0.15) is 0 Å². The van der Waals surface area contributed by atoms with Crippen LogP contribution in [0.1, 0.15) is 21.9 Å². The van der Waals surface area contributed by atoms with Gasteiger partial charge in [-0.05, 0) is 67.1 Å². The fourth-order valence-electron chi connectivity index (χ4n) is 2.69. The lowest BCUT2D eigenvalue weighted by Gasteiger charge is -2.16. The Morgan fingerprint density at radius 2 is 1.87 bits per heavy atom. The van der Waals surface area contributed by atoms with Gasteiger partial charge in [0, 0.05) is 17.2 Å². The van der Waals surface area contributed by atoms with Gasteiger partial charge in [0.05, 0.1) is 6.54 Å². The minimum atomic E-state index is -0.425. The van der Waals surface area contributed by atoms with Gasteiger partial charge in [-0.1, -0.05) is 15.9 Å². The van der Waals surface area contributed by atoms with Crippen LogP contribution >= 0.6 is 15.9 Å². The number of likely N-dealkylation sites (N-methyl/N-ethyl adjacent to an activating group) is 1. The van der Waals surface area contributed by atoms with Crippen molar-refractivity contribution in [3.8, 4) is 5.75 Å². The molecule has 1 N–H and O–H groups in total. The Kier molecular flexibility index (Phi) is 6.89. The van der Waals surface area contributed by atoms with E-state index in [0.29, 0.717) is 17.2 Å². The lowest BCUT2D eigenvalue weighted by molar-refractivity contribution is -0.116. The van der Waals surface area contributed by atoms with Crippen molar-refractivity contribution >= 4 is 33.4 Å². The molecule has 1 heterocycles. The predicted molar refractivity (Wildman–Crippen MR) is 114 cm³/mol. The van der Waals surface area contributed by atoms with E-state index in [1.807, 2.05) is 19.1 Å². The van der Waals surface area contributed by atoms with Crippen LogP contribution in [0.5, 0.6) is 5.75 Å². The van der Waals surface area contributed by atoms with Gasteiger partial charge in [0.2, 0.25) is 5.91 Å². The summed E-state index contributed by atoms with van der Waals surface area (Å²) < 4.78 is 24.9. The standard InChI is InChI=1S/C22H20BrFN2O4/c1-14-11-15(23)3-9-19(14)25-21(27)12-26(2)22(28)20-10-8-18(30-20)13-29-17-6-4-16(24)5-7-17/h3-11H,12-13H2,1-2H3,(H,25,27). The molecule has 8 heteroatoms. The Labute approximate surface area is 181 Å². The monoisotopic (exact) mass is 474 g/mol. The first-order valence-electron chi connectivity index (χ1n) is 9.10. The molecule has 2 aromatic carbocycles. The molecule has 0 fully saturated rings.